The Balaban J connectivity index is 1.67. The van der Waals surface area contributed by atoms with E-state index in [2.05, 4.69) is 4.98 Å². The summed E-state index contributed by atoms with van der Waals surface area (Å²) in [5, 5.41) is 10.4. The molecular weight excluding hydrogens is 408 g/mol. The van der Waals surface area contributed by atoms with Crippen LogP contribution < -0.4 is 9.77 Å². The first-order chi connectivity index (χ1) is 14.0. The largest absolute Gasteiger partial charge is 0.508 e. The Labute approximate surface area is 174 Å². The Morgan fingerprint density at radius 2 is 1.72 bits per heavy atom. The SMILES string of the molecule is Cc1ccc(N2C(=O)C3Sc4[nH]c(=O)sc4[C@H](c4ccccc4O)C3C2=O)cc1. The van der Waals surface area contributed by atoms with Gasteiger partial charge in [0.05, 0.1) is 16.6 Å². The number of phenolic OH excluding ortho intramolecular Hbond substituents is 1. The smallest absolute Gasteiger partial charge is 0.305 e. The van der Waals surface area contributed by atoms with E-state index in [9.17, 15) is 19.5 Å². The molecule has 2 unspecified atom stereocenters. The third-order valence-electron chi connectivity index (χ3n) is 5.39. The minimum Gasteiger partial charge on any atom is -0.508 e. The van der Waals surface area contributed by atoms with E-state index in [1.54, 1.807) is 36.4 Å². The molecule has 0 aliphatic carbocycles. The fourth-order valence-corrected chi connectivity index (χ4v) is 6.56. The van der Waals surface area contributed by atoms with Gasteiger partial charge in [-0.2, -0.15) is 0 Å². The Morgan fingerprint density at radius 1 is 1.00 bits per heavy atom. The summed E-state index contributed by atoms with van der Waals surface area (Å²) in [6, 6.07) is 14.0. The molecule has 3 atom stereocenters. The number of fused-ring (bicyclic) bond motifs is 2. The van der Waals surface area contributed by atoms with E-state index in [1.807, 2.05) is 19.1 Å². The average Bonchev–Trinajstić information content (AvgIpc) is 3.19. The van der Waals surface area contributed by atoms with Gasteiger partial charge in [-0.05, 0) is 25.1 Å². The number of phenols is 1. The maximum atomic E-state index is 13.5. The van der Waals surface area contributed by atoms with E-state index in [-0.39, 0.29) is 22.4 Å². The number of imide groups is 1. The molecule has 3 aromatic rings. The zero-order chi connectivity index (χ0) is 20.3. The quantitative estimate of drug-likeness (QED) is 0.617. The molecule has 146 valence electrons. The molecule has 1 fully saturated rings. The molecule has 2 aromatic carbocycles. The number of thiazole rings is 1. The maximum absolute atomic E-state index is 13.5. The summed E-state index contributed by atoms with van der Waals surface area (Å²) in [6.07, 6.45) is 0. The third-order valence-corrected chi connectivity index (χ3v) is 7.79. The molecule has 0 saturated carbocycles. The van der Waals surface area contributed by atoms with Crippen LogP contribution in [-0.2, 0) is 9.59 Å². The lowest BCUT2D eigenvalue weighted by molar-refractivity contribution is -0.122. The highest BCUT2D eigenvalue weighted by molar-refractivity contribution is 8.00. The van der Waals surface area contributed by atoms with Crippen LogP contribution in [0.3, 0.4) is 0 Å². The van der Waals surface area contributed by atoms with Crippen molar-refractivity contribution in [2.75, 3.05) is 4.90 Å². The number of thioether (sulfide) groups is 1. The third kappa shape index (κ3) is 2.74. The van der Waals surface area contributed by atoms with Gasteiger partial charge < -0.3 is 10.1 Å². The monoisotopic (exact) mass is 424 g/mol. The van der Waals surface area contributed by atoms with Crippen LogP contribution in [0, 0.1) is 12.8 Å². The van der Waals surface area contributed by atoms with Gasteiger partial charge in [-0.15, -0.1) is 0 Å². The van der Waals surface area contributed by atoms with Crippen LogP contribution in [0.1, 0.15) is 21.9 Å². The first-order valence-corrected chi connectivity index (χ1v) is 10.8. The van der Waals surface area contributed by atoms with Crippen molar-refractivity contribution < 1.29 is 14.7 Å². The molecule has 1 aromatic heterocycles. The summed E-state index contributed by atoms with van der Waals surface area (Å²) in [5.41, 5.74) is 2.12. The number of H-pyrrole nitrogens is 1. The van der Waals surface area contributed by atoms with Crippen LogP contribution in [0.4, 0.5) is 5.69 Å². The fraction of sp³-hybridized carbons (Fsp3) is 0.190. The molecule has 0 bridgehead atoms. The molecule has 2 aliphatic heterocycles. The van der Waals surface area contributed by atoms with E-state index in [0.29, 0.717) is 21.2 Å². The number of aryl methyl sites for hydroxylation is 1. The Kier molecular flexibility index (Phi) is 4.15. The van der Waals surface area contributed by atoms with Crippen molar-refractivity contribution >= 4 is 40.6 Å². The molecule has 1 saturated heterocycles. The zero-order valence-electron chi connectivity index (χ0n) is 15.3. The van der Waals surface area contributed by atoms with Crippen LogP contribution in [-0.4, -0.2) is 27.2 Å². The second-order valence-corrected chi connectivity index (χ2v) is 9.32. The summed E-state index contributed by atoms with van der Waals surface area (Å²) in [5.74, 6) is -1.82. The minimum absolute atomic E-state index is 0.0454. The summed E-state index contributed by atoms with van der Waals surface area (Å²) in [6.45, 7) is 1.94. The standard InChI is InChI=1S/C21H16N2O4S2/c1-10-6-8-11(9-7-10)23-19(25)15-14(12-4-2-3-5-13(12)24)16-18(22-21(27)29-16)28-17(15)20(23)26/h2-9,14-15,17,24H,1H3,(H,22,27)/t14-,15?,17?/m1/s1. The van der Waals surface area contributed by atoms with Crippen molar-refractivity contribution in [3.8, 4) is 5.75 Å². The highest BCUT2D eigenvalue weighted by Gasteiger charge is 2.56. The topological polar surface area (TPSA) is 90.5 Å². The predicted octanol–water partition coefficient (Wildman–Crippen LogP) is 3.25. The van der Waals surface area contributed by atoms with E-state index in [0.717, 1.165) is 16.9 Å². The molecule has 8 heteroatoms. The van der Waals surface area contributed by atoms with Crippen LogP contribution in [0.25, 0.3) is 0 Å². The average molecular weight is 425 g/mol. The second-order valence-electron chi connectivity index (χ2n) is 7.16. The number of benzene rings is 2. The molecular formula is C21H16N2O4S2. The first-order valence-electron chi connectivity index (χ1n) is 9.07. The fourth-order valence-electron chi connectivity index (χ4n) is 4.05. The summed E-state index contributed by atoms with van der Waals surface area (Å²) >= 11 is 2.26. The zero-order valence-corrected chi connectivity index (χ0v) is 16.9. The number of anilines is 1. The van der Waals surface area contributed by atoms with Crippen molar-refractivity contribution in [1.82, 2.24) is 4.98 Å². The molecule has 2 N–H and O–H groups in total. The van der Waals surface area contributed by atoms with Gasteiger partial charge in [0.15, 0.2) is 0 Å². The van der Waals surface area contributed by atoms with Gasteiger partial charge in [-0.3, -0.25) is 14.4 Å². The number of carbonyl (C=O) groups is 2. The summed E-state index contributed by atoms with van der Waals surface area (Å²) in [4.78, 5) is 43.2. The van der Waals surface area contributed by atoms with Crippen LogP contribution in [0.15, 0.2) is 58.4 Å². The lowest BCUT2D eigenvalue weighted by Gasteiger charge is -2.30. The van der Waals surface area contributed by atoms with Gasteiger partial charge in [-0.25, -0.2) is 4.90 Å². The summed E-state index contributed by atoms with van der Waals surface area (Å²) in [7, 11) is 0. The molecule has 0 spiro atoms. The van der Waals surface area contributed by atoms with E-state index in [1.165, 1.54) is 16.7 Å². The number of nitrogens with zero attached hydrogens (tertiary/aromatic N) is 1. The lowest BCUT2D eigenvalue weighted by Crippen LogP contribution is -2.32. The predicted molar refractivity (Wildman–Crippen MR) is 112 cm³/mol. The van der Waals surface area contributed by atoms with Crippen molar-refractivity contribution in [2.24, 2.45) is 5.92 Å². The Morgan fingerprint density at radius 3 is 2.45 bits per heavy atom. The van der Waals surface area contributed by atoms with Crippen LogP contribution in [0.5, 0.6) is 5.75 Å². The molecule has 2 amide bonds. The van der Waals surface area contributed by atoms with Crippen molar-refractivity contribution in [1.29, 1.82) is 0 Å². The van der Waals surface area contributed by atoms with Gasteiger partial charge in [0.25, 0.3) is 0 Å². The number of hydrogen-bond acceptors (Lipinski definition) is 6. The highest BCUT2D eigenvalue weighted by Crippen LogP contribution is 2.54. The Hall–Kier alpha value is -2.84. The number of carbonyl (C=O) groups excluding carboxylic acids is 2. The number of aromatic hydroxyl groups is 1. The van der Waals surface area contributed by atoms with E-state index >= 15 is 0 Å². The first kappa shape index (κ1) is 18.2. The molecule has 29 heavy (non-hydrogen) atoms. The summed E-state index contributed by atoms with van der Waals surface area (Å²) < 4.78 is 0. The number of para-hydroxylation sites is 1. The number of nitrogens with one attached hydrogen (secondary N) is 1. The minimum atomic E-state index is -0.693. The molecule has 2 aliphatic rings. The van der Waals surface area contributed by atoms with Gasteiger partial charge in [0, 0.05) is 16.4 Å². The molecule has 5 rings (SSSR count). The number of rotatable bonds is 2. The lowest BCUT2D eigenvalue weighted by atomic mass is 9.82. The molecule has 0 radical (unpaired) electrons. The van der Waals surface area contributed by atoms with Crippen molar-refractivity contribution in [2.45, 2.75) is 23.1 Å². The van der Waals surface area contributed by atoms with Crippen LogP contribution in [0.2, 0.25) is 0 Å². The number of amides is 2. The molecule has 3 heterocycles. The number of aromatic amines is 1. The van der Waals surface area contributed by atoms with Gasteiger partial charge in [0.1, 0.15) is 11.0 Å². The normalized spacial score (nSPS) is 23.2. The van der Waals surface area contributed by atoms with Gasteiger partial charge in [0.2, 0.25) is 11.8 Å². The van der Waals surface area contributed by atoms with E-state index in [4.69, 9.17) is 0 Å². The van der Waals surface area contributed by atoms with Crippen molar-refractivity contribution in [3.63, 3.8) is 0 Å². The maximum Gasteiger partial charge on any atom is 0.305 e. The van der Waals surface area contributed by atoms with Gasteiger partial charge >= 0.3 is 4.87 Å². The van der Waals surface area contributed by atoms with Crippen LogP contribution >= 0.6 is 23.1 Å². The van der Waals surface area contributed by atoms with Crippen molar-refractivity contribution in [3.05, 3.63) is 74.2 Å². The Bertz CT molecular complexity index is 1200. The number of hydrogen-bond donors (Lipinski definition) is 2. The molecule has 6 nitrogen and oxygen atoms in total. The highest BCUT2D eigenvalue weighted by atomic mass is 32.2. The number of aromatic nitrogens is 1. The second kappa shape index (κ2) is 6.60. The van der Waals surface area contributed by atoms with E-state index < -0.39 is 17.1 Å². The van der Waals surface area contributed by atoms with Gasteiger partial charge in [-0.1, -0.05) is 59.0 Å².